The third kappa shape index (κ3) is 4.11. The van der Waals surface area contributed by atoms with Crippen LogP contribution in [0.2, 0.25) is 5.02 Å². The Morgan fingerprint density at radius 2 is 1.80 bits per heavy atom. The van der Waals surface area contributed by atoms with E-state index in [0.29, 0.717) is 16.7 Å². The molecule has 0 heterocycles. The van der Waals surface area contributed by atoms with Crippen LogP contribution in [0.4, 0.5) is 11.4 Å². The molecule has 0 spiro atoms. The molecule has 20 heavy (non-hydrogen) atoms. The minimum atomic E-state index is 0.500. The summed E-state index contributed by atoms with van der Waals surface area (Å²) < 4.78 is 5.54. The van der Waals surface area contributed by atoms with Crippen LogP contribution >= 0.6 is 23.8 Å². The number of halogens is 1. The van der Waals surface area contributed by atoms with E-state index < -0.39 is 0 Å². The van der Waals surface area contributed by atoms with Gasteiger partial charge in [-0.1, -0.05) is 23.7 Å². The van der Waals surface area contributed by atoms with Crippen molar-refractivity contribution in [3.05, 3.63) is 53.6 Å². The topological polar surface area (TPSA) is 33.3 Å². The molecule has 2 rings (SSSR count). The zero-order valence-corrected chi connectivity index (χ0v) is 12.6. The van der Waals surface area contributed by atoms with Gasteiger partial charge in [-0.2, -0.15) is 0 Å². The second-order valence-corrected chi connectivity index (χ2v) is 4.86. The normalized spacial score (nSPS) is 9.90. The average Bonchev–Trinajstić information content (AvgIpc) is 2.44. The fourth-order valence-electron chi connectivity index (χ4n) is 1.67. The summed E-state index contributed by atoms with van der Waals surface area (Å²) in [6, 6.07) is 15.0. The first-order valence-electron chi connectivity index (χ1n) is 6.24. The van der Waals surface area contributed by atoms with Gasteiger partial charge in [0, 0.05) is 10.7 Å². The monoisotopic (exact) mass is 306 g/mol. The third-order valence-corrected chi connectivity index (χ3v) is 2.99. The lowest BCUT2D eigenvalue weighted by molar-refractivity contribution is 0.342. The molecular formula is C15H15ClN2OS. The van der Waals surface area contributed by atoms with E-state index in [9.17, 15) is 0 Å². The lowest BCUT2D eigenvalue weighted by atomic mass is 10.3. The molecule has 0 bridgehead atoms. The molecule has 2 aromatic rings. The van der Waals surface area contributed by atoms with Gasteiger partial charge >= 0.3 is 0 Å². The van der Waals surface area contributed by atoms with Crippen molar-refractivity contribution in [3.8, 4) is 5.75 Å². The van der Waals surface area contributed by atoms with Crippen LogP contribution in [-0.2, 0) is 0 Å². The number of hydrogen-bond acceptors (Lipinski definition) is 2. The summed E-state index contributed by atoms with van der Waals surface area (Å²) in [5, 5.41) is 7.40. The van der Waals surface area contributed by atoms with Crippen molar-refractivity contribution >= 4 is 40.3 Å². The first kappa shape index (κ1) is 14.6. The van der Waals surface area contributed by atoms with Crippen molar-refractivity contribution in [3.63, 3.8) is 0 Å². The Morgan fingerprint density at radius 1 is 1.10 bits per heavy atom. The molecule has 0 fully saturated rings. The van der Waals surface area contributed by atoms with Crippen molar-refractivity contribution in [2.75, 3.05) is 17.2 Å². The van der Waals surface area contributed by atoms with Crippen LogP contribution in [-0.4, -0.2) is 11.7 Å². The van der Waals surface area contributed by atoms with Gasteiger partial charge in [0.2, 0.25) is 0 Å². The molecule has 0 radical (unpaired) electrons. The van der Waals surface area contributed by atoms with E-state index in [1.807, 2.05) is 43.3 Å². The van der Waals surface area contributed by atoms with Crippen molar-refractivity contribution in [2.24, 2.45) is 0 Å². The zero-order valence-electron chi connectivity index (χ0n) is 11.0. The fourth-order valence-corrected chi connectivity index (χ4v) is 2.02. The van der Waals surface area contributed by atoms with Gasteiger partial charge in [-0.25, -0.2) is 0 Å². The van der Waals surface area contributed by atoms with Crippen molar-refractivity contribution in [1.82, 2.24) is 0 Å². The van der Waals surface area contributed by atoms with Crippen LogP contribution in [0.1, 0.15) is 6.92 Å². The standard InChI is InChI=1S/C15H15ClN2OS/c1-2-19-14-6-4-3-5-13(14)18-15(20)17-12-9-7-11(16)8-10-12/h3-10H,2H2,1H3,(H2,17,18,20). The Morgan fingerprint density at radius 3 is 2.50 bits per heavy atom. The first-order chi connectivity index (χ1) is 9.69. The smallest absolute Gasteiger partial charge is 0.175 e. The highest BCUT2D eigenvalue weighted by Crippen LogP contribution is 2.24. The number of rotatable bonds is 4. The number of nitrogens with one attached hydrogen (secondary N) is 2. The van der Waals surface area contributed by atoms with Crippen LogP contribution in [0.5, 0.6) is 5.75 Å². The molecule has 0 saturated heterocycles. The van der Waals surface area contributed by atoms with E-state index in [0.717, 1.165) is 17.1 Å². The van der Waals surface area contributed by atoms with Crippen LogP contribution in [0.25, 0.3) is 0 Å². The Labute approximate surface area is 128 Å². The summed E-state index contributed by atoms with van der Waals surface area (Å²) in [5.74, 6) is 0.773. The predicted molar refractivity (Wildman–Crippen MR) is 88.9 cm³/mol. The lowest BCUT2D eigenvalue weighted by Crippen LogP contribution is -2.19. The molecule has 0 aliphatic heterocycles. The van der Waals surface area contributed by atoms with Crippen LogP contribution in [0, 0.1) is 0 Å². The Kier molecular flexibility index (Phi) is 5.21. The molecule has 0 atom stereocenters. The second kappa shape index (κ2) is 7.12. The van der Waals surface area contributed by atoms with E-state index in [4.69, 9.17) is 28.6 Å². The summed E-state index contributed by atoms with van der Waals surface area (Å²) in [6.07, 6.45) is 0. The van der Waals surface area contributed by atoms with Crippen molar-refractivity contribution in [1.29, 1.82) is 0 Å². The molecular weight excluding hydrogens is 292 g/mol. The summed E-state index contributed by atoms with van der Waals surface area (Å²) in [7, 11) is 0. The molecule has 0 saturated carbocycles. The quantitative estimate of drug-likeness (QED) is 0.812. The molecule has 2 N–H and O–H groups in total. The summed E-state index contributed by atoms with van der Waals surface area (Å²) in [5.41, 5.74) is 1.71. The fraction of sp³-hybridized carbons (Fsp3) is 0.133. The van der Waals surface area contributed by atoms with Gasteiger partial charge in [-0.15, -0.1) is 0 Å². The number of ether oxygens (including phenoxy) is 1. The van der Waals surface area contributed by atoms with Crippen LogP contribution in [0.15, 0.2) is 48.5 Å². The molecule has 0 aliphatic rings. The molecule has 104 valence electrons. The number of benzene rings is 2. The van der Waals surface area contributed by atoms with E-state index in [1.165, 1.54) is 0 Å². The van der Waals surface area contributed by atoms with E-state index in [1.54, 1.807) is 12.1 Å². The molecule has 5 heteroatoms. The zero-order chi connectivity index (χ0) is 14.4. The van der Waals surface area contributed by atoms with Gasteiger partial charge in [0.05, 0.1) is 12.3 Å². The van der Waals surface area contributed by atoms with Crippen LogP contribution in [0.3, 0.4) is 0 Å². The van der Waals surface area contributed by atoms with Crippen molar-refractivity contribution in [2.45, 2.75) is 6.92 Å². The summed E-state index contributed by atoms with van der Waals surface area (Å²) >= 11 is 11.1. The summed E-state index contributed by atoms with van der Waals surface area (Å²) in [6.45, 7) is 2.55. The minimum Gasteiger partial charge on any atom is -0.492 e. The Hall–Kier alpha value is -1.78. The highest BCUT2D eigenvalue weighted by Gasteiger charge is 2.04. The number of anilines is 2. The number of thiocarbonyl (C=S) groups is 1. The first-order valence-corrected chi connectivity index (χ1v) is 7.03. The SMILES string of the molecule is CCOc1ccccc1NC(=S)Nc1ccc(Cl)cc1. The predicted octanol–water partition coefficient (Wildman–Crippen LogP) is 4.55. The van der Waals surface area contributed by atoms with Crippen molar-refractivity contribution < 1.29 is 4.74 Å². The Bertz CT molecular complexity index is 587. The van der Waals surface area contributed by atoms with Gasteiger partial charge in [0.25, 0.3) is 0 Å². The maximum absolute atomic E-state index is 5.84. The van der Waals surface area contributed by atoms with Gasteiger partial charge in [-0.05, 0) is 55.5 Å². The molecule has 3 nitrogen and oxygen atoms in total. The minimum absolute atomic E-state index is 0.500. The third-order valence-electron chi connectivity index (χ3n) is 2.54. The molecule has 0 unspecified atom stereocenters. The van der Waals surface area contributed by atoms with Gasteiger partial charge in [0.15, 0.2) is 5.11 Å². The largest absolute Gasteiger partial charge is 0.492 e. The van der Waals surface area contributed by atoms with Gasteiger partial charge in [0.1, 0.15) is 5.75 Å². The number of hydrogen-bond donors (Lipinski definition) is 2. The van der Waals surface area contributed by atoms with Gasteiger partial charge in [-0.3, -0.25) is 0 Å². The highest BCUT2D eigenvalue weighted by atomic mass is 35.5. The molecule has 0 aromatic heterocycles. The molecule has 0 amide bonds. The molecule has 0 aliphatic carbocycles. The Balaban J connectivity index is 2.02. The lowest BCUT2D eigenvalue weighted by Gasteiger charge is -2.14. The van der Waals surface area contributed by atoms with Crippen LogP contribution < -0.4 is 15.4 Å². The molecule has 2 aromatic carbocycles. The highest BCUT2D eigenvalue weighted by molar-refractivity contribution is 7.80. The average molecular weight is 307 g/mol. The summed E-state index contributed by atoms with van der Waals surface area (Å²) in [4.78, 5) is 0. The van der Waals surface area contributed by atoms with Gasteiger partial charge < -0.3 is 15.4 Å². The maximum atomic E-state index is 5.84. The van der Waals surface area contributed by atoms with E-state index in [-0.39, 0.29) is 0 Å². The number of para-hydroxylation sites is 2. The maximum Gasteiger partial charge on any atom is 0.175 e. The van der Waals surface area contributed by atoms with E-state index in [2.05, 4.69) is 10.6 Å². The van der Waals surface area contributed by atoms with E-state index >= 15 is 0 Å². The second-order valence-electron chi connectivity index (χ2n) is 4.02.